The molecule has 0 bridgehead atoms. The van der Waals surface area contributed by atoms with Gasteiger partial charge in [-0.05, 0) is 24.1 Å². The molecular formula is C12H18N2. The summed E-state index contributed by atoms with van der Waals surface area (Å²) in [6, 6.07) is 4.28. The van der Waals surface area contributed by atoms with Crippen molar-refractivity contribution < 1.29 is 0 Å². The Kier molecular flexibility index (Phi) is 4.17. The fraction of sp³-hybridized carbons (Fsp3) is 0.417. The Bertz CT molecular complexity index is 376. The van der Waals surface area contributed by atoms with Gasteiger partial charge in [-0.15, -0.1) is 0 Å². The number of aryl methyl sites for hydroxylation is 1. The molecule has 2 aromatic rings. The maximum atomic E-state index is 4.04. The number of pyridine rings is 1. The number of rotatable bonds is 1. The van der Waals surface area contributed by atoms with Crippen molar-refractivity contribution in [3.63, 3.8) is 0 Å². The third kappa shape index (κ3) is 2.59. The molecule has 0 spiro atoms. The highest BCUT2D eigenvalue weighted by Gasteiger charge is 1.92. The van der Waals surface area contributed by atoms with Crippen molar-refractivity contribution in [2.75, 3.05) is 0 Å². The van der Waals surface area contributed by atoms with Crippen LogP contribution >= 0.6 is 0 Å². The van der Waals surface area contributed by atoms with Gasteiger partial charge in [-0.1, -0.05) is 27.2 Å². The second-order valence-corrected chi connectivity index (χ2v) is 3.32. The highest BCUT2D eigenvalue weighted by Crippen LogP contribution is 2.06. The molecule has 76 valence electrons. The molecule has 0 saturated heterocycles. The third-order valence-electron chi connectivity index (χ3n) is 1.89. The molecule has 0 saturated carbocycles. The Morgan fingerprint density at radius 2 is 2.00 bits per heavy atom. The molecular weight excluding hydrogens is 172 g/mol. The van der Waals surface area contributed by atoms with Crippen LogP contribution in [0.25, 0.3) is 5.52 Å². The van der Waals surface area contributed by atoms with Gasteiger partial charge >= 0.3 is 0 Å². The van der Waals surface area contributed by atoms with Gasteiger partial charge in [0.25, 0.3) is 0 Å². The Hall–Kier alpha value is -1.31. The van der Waals surface area contributed by atoms with Gasteiger partial charge < -0.3 is 4.40 Å². The van der Waals surface area contributed by atoms with Crippen molar-refractivity contribution in [3.8, 4) is 0 Å². The Labute approximate surface area is 85.6 Å². The molecule has 0 aliphatic heterocycles. The Morgan fingerprint density at radius 3 is 2.64 bits per heavy atom. The molecule has 0 amide bonds. The summed E-state index contributed by atoms with van der Waals surface area (Å²) >= 11 is 0. The Morgan fingerprint density at radius 1 is 1.29 bits per heavy atom. The number of hydrogen-bond acceptors (Lipinski definition) is 1. The second-order valence-electron chi connectivity index (χ2n) is 3.32. The lowest BCUT2D eigenvalue weighted by Crippen LogP contribution is -1.84. The molecule has 14 heavy (non-hydrogen) atoms. The maximum absolute atomic E-state index is 4.04. The normalized spacial score (nSPS) is 9.64. The van der Waals surface area contributed by atoms with Gasteiger partial charge in [0, 0.05) is 6.20 Å². The van der Waals surface area contributed by atoms with E-state index in [4.69, 9.17) is 0 Å². The first-order chi connectivity index (χ1) is 6.81. The summed E-state index contributed by atoms with van der Waals surface area (Å²) in [4.78, 5) is 4.04. The number of imidazole rings is 1. The fourth-order valence-corrected chi connectivity index (χ4v) is 1.19. The highest BCUT2D eigenvalue weighted by atomic mass is 15.0. The van der Waals surface area contributed by atoms with Crippen LogP contribution in [0.2, 0.25) is 0 Å². The monoisotopic (exact) mass is 190 g/mol. The minimum absolute atomic E-state index is 1.08. The van der Waals surface area contributed by atoms with E-state index in [1.165, 1.54) is 17.5 Å². The molecule has 2 heterocycles. The molecule has 0 aliphatic rings. The van der Waals surface area contributed by atoms with Gasteiger partial charge in [-0.25, -0.2) is 4.98 Å². The summed E-state index contributed by atoms with van der Waals surface area (Å²) < 4.78 is 2.01. The average molecular weight is 190 g/mol. The van der Waals surface area contributed by atoms with E-state index >= 15 is 0 Å². The van der Waals surface area contributed by atoms with Crippen LogP contribution in [0.4, 0.5) is 0 Å². The van der Waals surface area contributed by atoms with Crippen LogP contribution in [0.15, 0.2) is 30.9 Å². The van der Waals surface area contributed by atoms with Crippen LogP contribution in [0.5, 0.6) is 0 Å². The summed E-state index contributed by atoms with van der Waals surface area (Å²) in [5.41, 5.74) is 2.53. The number of aromatic nitrogens is 2. The van der Waals surface area contributed by atoms with E-state index in [-0.39, 0.29) is 0 Å². The van der Waals surface area contributed by atoms with E-state index in [0.717, 1.165) is 6.42 Å². The van der Waals surface area contributed by atoms with E-state index in [2.05, 4.69) is 37.9 Å². The van der Waals surface area contributed by atoms with Gasteiger partial charge in [-0.3, -0.25) is 0 Å². The van der Waals surface area contributed by atoms with Crippen molar-refractivity contribution in [1.29, 1.82) is 0 Å². The zero-order valence-electron chi connectivity index (χ0n) is 9.20. The maximum Gasteiger partial charge on any atom is 0.0991 e. The first-order valence-corrected chi connectivity index (χ1v) is 5.22. The van der Waals surface area contributed by atoms with E-state index in [0.29, 0.717) is 0 Å². The molecule has 2 nitrogen and oxygen atoms in total. The van der Waals surface area contributed by atoms with E-state index < -0.39 is 0 Å². The molecule has 0 radical (unpaired) electrons. The molecule has 0 fully saturated rings. The molecule has 0 aliphatic carbocycles. The standard InChI is InChI=1S/C9H10N2.C3H8/c1-2-8-3-4-11-7-10-6-9(11)5-8;1-3-2/h3-7H,2H2,1H3;3H2,1-2H3. The van der Waals surface area contributed by atoms with E-state index in [1.54, 1.807) is 0 Å². The fourth-order valence-electron chi connectivity index (χ4n) is 1.19. The van der Waals surface area contributed by atoms with Crippen molar-refractivity contribution in [2.24, 2.45) is 0 Å². The van der Waals surface area contributed by atoms with Crippen LogP contribution in [-0.2, 0) is 6.42 Å². The van der Waals surface area contributed by atoms with Crippen LogP contribution in [-0.4, -0.2) is 9.38 Å². The van der Waals surface area contributed by atoms with Crippen LogP contribution in [0.3, 0.4) is 0 Å². The SMILES string of the molecule is CCC.CCc1ccn2cncc2c1. The van der Waals surface area contributed by atoms with Crippen LogP contribution in [0.1, 0.15) is 32.8 Å². The Balaban J connectivity index is 0.000000293. The second kappa shape index (κ2) is 5.43. The van der Waals surface area contributed by atoms with Gasteiger partial charge in [-0.2, -0.15) is 0 Å². The summed E-state index contributed by atoms with van der Waals surface area (Å²) in [7, 11) is 0. The van der Waals surface area contributed by atoms with E-state index in [1.807, 2.05) is 23.1 Å². The summed E-state index contributed by atoms with van der Waals surface area (Å²) in [6.45, 7) is 6.40. The molecule has 2 heteroatoms. The first kappa shape index (κ1) is 10.8. The predicted molar refractivity (Wildman–Crippen MR) is 60.5 cm³/mol. The van der Waals surface area contributed by atoms with Crippen LogP contribution < -0.4 is 0 Å². The molecule has 2 rings (SSSR count). The highest BCUT2D eigenvalue weighted by molar-refractivity contribution is 5.46. The summed E-state index contributed by atoms with van der Waals surface area (Å²) in [6.07, 6.45) is 8.07. The zero-order chi connectivity index (χ0) is 10.4. The van der Waals surface area contributed by atoms with Gasteiger partial charge in [0.15, 0.2) is 0 Å². The largest absolute Gasteiger partial charge is 0.306 e. The first-order valence-electron chi connectivity index (χ1n) is 5.22. The molecule has 0 N–H and O–H groups in total. The molecule has 2 aromatic heterocycles. The minimum atomic E-state index is 1.08. The van der Waals surface area contributed by atoms with Gasteiger partial charge in [0.05, 0.1) is 18.0 Å². The number of hydrogen-bond donors (Lipinski definition) is 0. The van der Waals surface area contributed by atoms with Gasteiger partial charge in [0.1, 0.15) is 0 Å². The molecule has 0 unspecified atom stereocenters. The van der Waals surface area contributed by atoms with E-state index in [9.17, 15) is 0 Å². The topological polar surface area (TPSA) is 17.3 Å². The molecule has 0 atom stereocenters. The van der Waals surface area contributed by atoms with Crippen LogP contribution in [0, 0.1) is 0 Å². The lowest BCUT2D eigenvalue weighted by molar-refractivity contribution is 1.09. The predicted octanol–water partition coefficient (Wildman–Crippen LogP) is 3.31. The van der Waals surface area contributed by atoms with Gasteiger partial charge in [0.2, 0.25) is 0 Å². The summed E-state index contributed by atoms with van der Waals surface area (Å²) in [5.74, 6) is 0. The van der Waals surface area contributed by atoms with Crippen molar-refractivity contribution in [2.45, 2.75) is 33.6 Å². The number of nitrogens with zero attached hydrogens (tertiary/aromatic N) is 2. The average Bonchev–Trinajstić information content (AvgIpc) is 2.65. The lowest BCUT2D eigenvalue weighted by Gasteiger charge is -1.96. The summed E-state index contributed by atoms with van der Waals surface area (Å²) in [5, 5.41) is 0. The lowest BCUT2D eigenvalue weighted by atomic mass is 10.2. The van der Waals surface area contributed by atoms with Crippen molar-refractivity contribution in [1.82, 2.24) is 9.38 Å². The zero-order valence-corrected chi connectivity index (χ0v) is 9.20. The van der Waals surface area contributed by atoms with Crippen molar-refractivity contribution >= 4 is 5.52 Å². The minimum Gasteiger partial charge on any atom is -0.306 e. The van der Waals surface area contributed by atoms with Crippen molar-refractivity contribution in [3.05, 3.63) is 36.4 Å². The quantitative estimate of drug-likeness (QED) is 0.674. The smallest absolute Gasteiger partial charge is 0.0991 e. The number of fused-ring (bicyclic) bond motifs is 1. The molecule has 0 aromatic carbocycles. The third-order valence-corrected chi connectivity index (χ3v) is 1.89.